The van der Waals surface area contributed by atoms with E-state index in [2.05, 4.69) is 38.2 Å². The topological polar surface area (TPSA) is 108 Å². The summed E-state index contributed by atoms with van der Waals surface area (Å²) in [5.74, 6) is -2.00. The first kappa shape index (κ1) is 58.8. The van der Waals surface area contributed by atoms with E-state index in [1.54, 1.807) is 0 Å². The standard InChI is InChI=1S/C52H97NO8/c1-6-8-10-12-14-16-18-20-22-24-25-27-28-30-32-34-36-38-40-42-49(54)59-46-48(47-60-52(51(56)57)58-45-44-53(3,4)5)61-50(55)43-41-39-37-35-33-31-29-26-23-21-19-17-15-13-11-9-7-2/h15,17,21,23,48,52H,6-14,16,18-20,22,24-47H2,1-5H3/p+1/b17-15-,23-21-. The van der Waals surface area contributed by atoms with Crippen LogP contribution in [0.3, 0.4) is 0 Å². The number of hydrogen-bond donors (Lipinski definition) is 1. The van der Waals surface area contributed by atoms with E-state index in [1.165, 1.54) is 148 Å². The molecule has 358 valence electrons. The van der Waals surface area contributed by atoms with E-state index < -0.39 is 24.3 Å². The molecule has 0 radical (unpaired) electrons. The van der Waals surface area contributed by atoms with Gasteiger partial charge in [-0.05, 0) is 44.9 Å². The van der Waals surface area contributed by atoms with Crippen LogP contribution in [0, 0.1) is 0 Å². The minimum Gasteiger partial charge on any atom is -0.477 e. The molecule has 0 bridgehead atoms. The molecule has 0 aromatic rings. The molecular weight excluding hydrogens is 767 g/mol. The number of rotatable bonds is 47. The number of allylic oxidation sites excluding steroid dienone is 4. The maximum Gasteiger partial charge on any atom is 0.361 e. The van der Waals surface area contributed by atoms with Crippen molar-refractivity contribution in [1.82, 2.24) is 0 Å². The summed E-state index contributed by atoms with van der Waals surface area (Å²) in [5, 5.41) is 9.66. The molecule has 0 aromatic heterocycles. The van der Waals surface area contributed by atoms with Crippen LogP contribution < -0.4 is 0 Å². The highest BCUT2D eigenvalue weighted by atomic mass is 16.7. The van der Waals surface area contributed by atoms with Crippen molar-refractivity contribution in [3.63, 3.8) is 0 Å². The average molecular weight is 865 g/mol. The molecule has 0 saturated heterocycles. The van der Waals surface area contributed by atoms with Crippen LogP contribution in [0.25, 0.3) is 0 Å². The molecule has 0 spiro atoms. The van der Waals surface area contributed by atoms with Crippen molar-refractivity contribution < 1.29 is 42.9 Å². The minimum absolute atomic E-state index is 0.181. The van der Waals surface area contributed by atoms with E-state index in [9.17, 15) is 19.5 Å². The molecule has 2 unspecified atom stereocenters. The van der Waals surface area contributed by atoms with Crippen molar-refractivity contribution in [2.45, 2.75) is 245 Å². The number of carbonyl (C=O) groups excluding carboxylic acids is 2. The maximum atomic E-state index is 12.8. The third-order valence-corrected chi connectivity index (χ3v) is 11.2. The number of carboxylic acids is 1. The first-order valence-corrected chi connectivity index (χ1v) is 25.5. The van der Waals surface area contributed by atoms with E-state index in [0.29, 0.717) is 23.9 Å². The van der Waals surface area contributed by atoms with Crippen molar-refractivity contribution in [3.8, 4) is 0 Å². The van der Waals surface area contributed by atoms with Crippen LogP contribution in [-0.4, -0.2) is 87.4 Å². The number of unbranched alkanes of at least 4 members (excludes halogenated alkanes) is 28. The van der Waals surface area contributed by atoms with Gasteiger partial charge in [-0.25, -0.2) is 4.79 Å². The molecule has 9 heteroatoms. The molecule has 0 aliphatic heterocycles. The zero-order valence-electron chi connectivity index (χ0n) is 40.6. The highest BCUT2D eigenvalue weighted by molar-refractivity contribution is 5.71. The lowest BCUT2D eigenvalue weighted by molar-refractivity contribution is -0.870. The van der Waals surface area contributed by atoms with Crippen LogP contribution in [0.2, 0.25) is 0 Å². The number of aliphatic carboxylic acids is 1. The van der Waals surface area contributed by atoms with Gasteiger partial charge in [0.25, 0.3) is 6.29 Å². The average Bonchev–Trinajstić information content (AvgIpc) is 3.22. The third-order valence-electron chi connectivity index (χ3n) is 11.2. The molecule has 2 atom stereocenters. The minimum atomic E-state index is -1.51. The summed E-state index contributed by atoms with van der Waals surface area (Å²) in [6.07, 6.45) is 46.6. The van der Waals surface area contributed by atoms with Gasteiger partial charge >= 0.3 is 17.9 Å². The molecule has 0 saturated carbocycles. The molecule has 0 amide bonds. The van der Waals surface area contributed by atoms with Gasteiger partial charge < -0.3 is 28.5 Å². The fraction of sp³-hybridized carbons (Fsp3) is 0.865. The van der Waals surface area contributed by atoms with E-state index in [0.717, 1.165) is 51.4 Å². The van der Waals surface area contributed by atoms with Crippen LogP contribution >= 0.6 is 0 Å². The van der Waals surface area contributed by atoms with Gasteiger partial charge in [0.05, 0.1) is 34.4 Å². The quantitative estimate of drug-likeness (QED) is 0.0212. The molecular formula is C52H98NO8+. The number of nitrogens with zero attached hydrogens (tertiary/aromatic N) is 1. The number of ether oxygens (including phenoxy) is 4. The van der Waals surface area contributed by atoms with Crippen LogP contribution in [-0.2, 0) is 33.3 Å². The summed E-state index contributed by atoms with van der Waals surface area (Å²) < 4.78 is 22.8. The predicted molar refractivity (Wildman–Crippen MR) is 254 cm³/mol. The second-order valence-corrected chi connectivity index (χ2v) is 18.5. The van der Waals surface area contributed by atoms with Gasteiger partial charge in [-0.2, -0.15) is 0 Å². The Morgan fingerprint density at radius 2 is 0.885 bits per heavy atom. The van der Waals surface area contributed by atoms with E-state index in [-0.39, 0.29) is 32.2 Å². The van der Waals surface area contributed by atoms with Crippen molar-refractivity contribution in [2.75, 3.05) is 47.5 Å². The Balaban J connectivity index is 4.33. The highest BCUT2D eigenvalue weighted by Crippen LogP contribution is 2.16. The van der Waals surface area contributed by atoms with E-state index in [4.69, 9.17) is 18.9 Å². The predicted octanol–water partition coefficient (Wildman–Crippen LogP) is 14.0. The second-order valence-electron chi connectivity index (χ2n) is 18.5. The maximum absolute atomic E-state index is 12.8. The van der Waals surface area contributed by atoms with Crippen molar-refractivity contribution in [3.05, 3.63) is 24.3 Å². The number of esters is 2. The fourth-order valence-corrected chi connectivity index (χ4v) is 7.22. The van der Waals surface area contributed by atoms with Gasteiger partial charge in [0.1, 0.15) is 13.2 Å². The zero-order chi connectivity index (χ0) is 44.9. The van der Waals surface area contributed by atoms with Gasteiger partial charge in [0.2, 0.25) is 0 Å². The first-order valence-electron chi connectivity index (χ1n) is 25.5. The van der Waals surface area contributed by atoms with Gasteiger partial charge in [0, 0.05) is 12.8 Å². The Morgan fingerprint density at radius 1 is 0.492 bits per heavy atom. The van der Waals surface area contributed by atoms with E-state index >= 15 is 0 Å². The lowest BCUT2D eigenvalue weighted by atomic mass is 10.0. The number of carbonyl (C=O) groups is 3. The summed E-state index contributed by atoms with van der Waals surface area (Å²) in [6, 6.07) is 0. The van der Waals surface area contributed by atoms with Crippen LogP contribution in [0.4, 0.5) is 0 Å². The molecule has 0 aliphatic carbocycles. The first-order chi connectivity index (χ1) is 29.6. The Kier molecular flexibility index (Phi) is 42.8. The number of quaternary nitrogens is 1. The Labute approximate surface area is 376 Å². The SMILES string of the molecule is CCCCC/C=C\C/C=C\CCCCCCCCCC(=O)OC(COC(=O)CCCCCCCCCCCCCCCCCCCCC)COC(OCC[N+](C)(C)C)C(=O)O. The molecule has 0 rings (SSSR count). The van der Waals surface area contributed by atoms with Crippen molar-refractivity contribution in [1.29, 1.82) is 0 Å². The smallest absolute Gasteiger partial charge is 0.361 e. The molecule has 0 heterocycles. The van der Waals surface area contributed by atoms with Gasteiger partial charge in [-0.3, -0.25) is 9.59 Å². The molecule has 0 aliphatic rings. The molecule has 0 fully saturated rings. The lowest BCUT2D eigenvalue weighted by Gasteiger charge is -2.25. The highest BCUT2D eigenvalue weighted by Gasteiger charge is 2.25. The van der Waals surface area contributed by atoms with Crippen LogP contribution in [0.1, 0.15) is 232 Å². The van der Waals surface area contributed by atoms with Gasteiger partial charge in [-0.15, -0.1) is 0 Å². The van der Waals surface area contributed by atoms with Crippen LogP contribution in [0.5, 0.6) is 0 Å². The van der Waals surface area contributed by atoms with E-state index in [1.807, 2.05) is 21.1 Å². The number of hydrogen-bond acceptors (Lipinski definition) is 7. The normalized spacial score (nSPS) is 13.0. The van der Waals surface area contributed by atoms with Crippen molar-refractivity contribution >= 4 is 17.9 Å². The number of likely N-dealkylation sites (N-methyl/N-ethyl adjacent to an activating group) is 1. The Morgan fingerprint density at radius 3 is 1.33 bits per heavy atom. The second kappa shape index (κ2) is 44.4. The molecule has 0 aromatic carbocycles. The summed E-state index contributed by atoms with van der Waals surface area (Å²) in [5.41, 5.74) is 0. The molecule has 61 heavy (non-hydrogen) atoms. The monoisotopic (exact) mass is 865 g/mol. The van der Waals surface area contributed by atoms with Crippen LogP contribution in [0.15, 0.2) is 24.3 Å². The van der Waals surface area contributed by atoms with Crippen molar-refractivity contribution in [2.24, 2.45) is 0 Å². The zero-order valence-corrected chi connectivity index (χ0v) is 40.6. The number of carboxylic acid groups (broad SMARTS) is 1. The van der Waals surface area contributed by atoms with Gasteiger partial charge in [0.15, 0.2) is 6.10 Å². The third kappa shape index (κ3) is 45.6. The summed E-state index contributed by atoms with van der Waals surface area (Å²) >= 11 is 0. The largest absolute Gasteiger partial charge is 0.477 e. The summed E-state index contributed by atoms with van der Waals surface area (Å²) in [7, 11) is 5.96. The molecule has 9 nitrogen and oxygen atoms in total. The Bertz CT molecular complexity index is 1050. The van der Waals surface area contributed by atoms with Gasteiger partial charge in [-0.1, -0.05) is 199 Å². The fourth-order valence-electron chi connectivity index (χ4n) is 7.22. The summed E-state index contributed by atoms with van der Waals surface area (Å²) in [4.78, 5) is 37.2. The lowest BCUT2D eigenvalue weighted by Crippen LogP contribution is -2.40. The summed E-state index contributed by atoms with van der Waals surface area (Å²) in [6.45, 7) is 4.87. The Hall–Kier alpha value is -2.23. The molecule has 1 N–H and O–H groups in total.